The zero-order valence-electron chi connectivity index (χ0n) is 11.0. The van der Waals surface area contributed by atoms with Crippen LogP contribution in [0.4, 0.5) is 4.79 Å². The maximum Gasteiger partial charge on any atom is 0.314 e. The van der Waals surface area contributed by atoms with Gasteiger partial charge in [0.1, 0.15) is 0 Å². The Labute approximate surface area is 104 Å². The van der Waals surface area contributed by atoms with E-state index in [1.807, 2.05) is 14.1 Å². The minimum Gasteiger partial charge on any atom is -0.381 e. The minimum atomic E-state index is -0.0461. The lowest BCUT2D eigenvalue weighted by Crippen LogP contribution is -2.40. The molecule has 0 aromatic carbocycles. The van der Waals surface area contributed by atoms with Gasteiger partial charge in [-0.2, -0.15) is 0 Å². The molecule has 0 spiro atoms. The second kappa shape index (κ2) is 8.31. The molecule has 1 fully saturated rings. The summed E-state index contributed by atoms with van der Waals surface area (Å²) in [6, 6.07) is -0.0461. The summed E-state index contributed by atoms with van der Waals surface area (Å²) in [5.41, 5.74) is 0. The summed E-state index contributed by atoms with van der Waals surface area (Å²) in [6.07, 6.45) is 3.10. The Kier molecular flexibility index (Phi) is 6.96. The van der Waals surface area contributed by atoms with E-state index in [2.05, 4.69) is 15.5 Å². The van der Waals surface area contributed by atoms with Crippen molar-refractivity contribution in [3.05, 3.63) is 0 Å². The van der Waals surface area contributed by atoms with Gasteiger partial charge in [0.2, 0.25) is 0 Å². The zero-order valence-corrected chi connectivity index (χ0v) is 11.0. The van der Waals surface area contributed by atoms with Crippen molar-refractivity contribution in [2.24, 2.45) is 5.92 Å². The third-order valence-corrected chi connectivity index (χ3v) is 2.96. The number of carbonyl (C=O) groups is 1. The molecule has 17 heavy (non-hydrogen) atoms. The fourth-order valence-corrected chi connectivity index (χ4v) is 1.85. The number of urea groups is 1. The topological polar surface area (TPSA) is 53.6 Å². The molecule has 2 amide bonds. The monoisotopic (exact) mass is 243 g/mol. The summed E-state index contributed by atoms with van der Waals surface area (Å²) in [7, 11) is 4.07. The third kappa shape index (κ3) is 7.18. The molecule has 5 heteroatoms. The van der Waals surface area contributed by atoms with E-state index in [9.17, 15) is 4.79 Å². The van der Waals surface area contributed by atoms with Gasteiger partial charge in [-0.3, -0.25) is 0 Å². The molecule has 100 valence electrons. The summed E-state index contributed by atoms with van der Waals surface area (Å²) in [5, 5.41) is 5.79. The Hall–Kier alpha value is -0.810. The van der Waals surface area contributed by atoms with Gasteiger partial charge in [0.25, 0.3) is 0 Å². The average Bonchev–Trinajstić information content (AvgIpc) is 2.33. The van der Waals surface area contributed by atoms with Crippen molar-refractivity contribution in [3.63, 3.8) is 0 Å². The van der Waals surface area contributed by atoms with Crippen LogP contribution >= 0.6 is 0 Å². The highest BCUT2D eigenvalue weighted by Crippen LogP contribution is 2.12. The first-order valence-corrected chi connectivity index (χ1v) is 6.42. The van der Waals surface area contributed by atoms with E-state index >= 15 is 0 Å². The Balaban J connectivity index is 1.96. The summed E-state index contributed by atoms with van der Waals surface area (Å²) in [4.78, 5) is 13.6. The molecule has 0 bridgehead atoms. The summed E-state index contributed by atoms with van der Waals surface area (Å²) >= 11 is 0. The summed E-state index contributed by atoms with van der Waals surface area (Å²) in [5.74, 6) is 0.580. The molecule has 1 rings (SSSR count). The molecular weight excluding hydrogens is 218 g/mol. The van der Waals surface area contributed by atoms with Gasteiger partial charge < -0.3 is 20.3 Å². The first-order valence-electron chi connectivity index (χ1n) is 6.42. The Bertz CT molecular complexity index is 216. The molecule has 0 aromatic rings. The van der Waals surface area contributed by atoms with Crippen LogP contribution in [0.3, 0.4) is 0 Å². The lowest BCUT2D eigenvalue weighted by molar-refractivity contribution is 0.0669. The lowest BCUT2D eigenvalue weighted by Gasteiger charge is -2.22. The van der Waals surface area contributed by atoms with Crippen LogP contribution in [-0.4, -0.2) is 57.9 Å². The van der Waals surface area contributed by atoms with Crippen LogP contribution in [0, 0.1) is 5.92 Å². The van der Waals surface area contributed by atoms with Crippen LogP contribution in [0.1, 0.15) is 19.3 Å². The quantitative estimate of drug-likeness (QED) is 0.674. The number of amides is 2. The van der Waals surface area contributed by atoms with E-state index in [-0.39, 0.29) is 6.03 Å². The predicted molar refractivity (Wildman–Crippen MR) is 68.1 cm³/mol. The second-order valence-electron chi connectivity index (χ2n) is 4.85. The lowest BCUT2D eigenvalue weighted by atomic mass is 10.0. The van der Waals surface area contributed by atoms with Gasteiger partial charge in [-0.1, -0.05) is 0 Å². The first kappa shape index (κ1) is 14.3. The molecule has 5 nitrogen and oxygen atoms in total. The van der Waals surface area contributed by atoms with Gasteiger partial charge in [-0.05, 0) is 45.8 Å². The highest BCUT2D eigenvalue weighted by atomic mass is 16.5. The van der Waals surface area contributed by atoms with E-state index in [0.29, 0.717) is 5.92 Å². The molecule has 0 aliphatic carbocycles. The zero-order chi connectivity index (χ0) is 12.5. The van der Waals surface area contributed by atoms with Gasteiger partial charge in [0.05, 0.1) is 0 Å². The highest BCUT2D eigenvalue weighted by Gasteiger charge is 2.14. The number of nitrogens with zero attached hydrogens (tertiary/aromatic N) is 1. The van der Waals surface area contributed by atoms with Crippen LogP contribution < -0.4 is 10.6 Å². The number of carbonyl (C=O) groups excluding carboxylic acids is 1. The Morgan fingerprint density at radius 1 is 1.29 bits per heavy atom. The van der Waals surface area contributed by atoms with Gasteiger partial charge >= 0.3 is 6.03 Å². The maximum atomic E-state index is 11.5. The molecule has 0 unspecified atom stereocenters. The third-order valence-electron chi connectivity index (χ3n) is 2.96. The van der Waals surface area contributed by atoms with E-state index in [0.717, 1.165) is 52.1 Å². The van der Waals surface area contributed by atoms with Crippen LogP contribution in [-0.2, 0) is 4.74 Å². The van der Waals surface area contributed by atoms with Crippen molar-refractivity contribution in [1.82, 2.24) is 15.5 Å². The Morgan fingerprint density at radius 2 is 2.00 bits per heavy atom. The molecule has 0 aromatic heterocycles. The summed E-state index contributed by atoms with van der Waals surface area (Å²) in [6.45, 7) is 4.16. The fourth-order valence-electron chi connectivity index (χ4n) is 1.85. The average molecular weight is 243 g/mol. The smallest absolute Gasteiger partial charge is 0.314 e. The molecular formula is C12H25N3O2. The van der Waals surface area contributed by atoms with Crippen molar-refractivity contribution >= 4 is 6.03 Å². The number of nitrogens with one attached hydrogen (secondary N) is 2. The van der Waals surface area contributed by atoms with Crippen molar-refractivity contribution < 1.29 is 9.53 Å². The van der Waals surface area contributed by atoms with Gasteiger partial charge in [0.15, 0.2) is 0 Å². The van der Waals surface area contributed by atoms with Crippen molar-refractivity contribution in [3.8, 4) is 0 Å². The maximum absolute atomic E-state index is 11.5. The van der Waals surface area contributed by atoms with Crippen molar-refractivity contribution in [2.45, 2.75) is 19.3 Å². The molecule has 0 radical (unpaired) electrons. The predicted octanol–water partition coefficient (Wildman–Crippen LogP) is 0.664. The van der Waals surface area contributed by atoms with E-state index in [4.69, 9.17) is 4.74 Å². The number of rotatable bonds is 6. The van der Waals surface area contributed by atoms with Gasteiger partial charge in [-0.15, -0.1) is 0 Å². The van der Waals surface area contributed by atoms with Crippen molar-refractivity contribution in [2.75, 3.05) is 46.9 Å². The summed E-state index contributed by atoms with van der Waals surface area (Å²) < 4.78 is 5.28. The highest BCUT2D eigenvalue weighted by molar-refractivity contribution is 5.73. The largest absolute Gasteiger partial charge is 0.381 e. The molecule has 1 saturated heterocycles. The van der Waals surface area contributed by atoms with Crippen LogP contribution in [0.25, 0.3) is 0 Å². The van der Waals surface area contributed by atoms with Crippen molar-refractivity contribution in [1.29, 1.82) is 0 Å². The number of ether oxygens (including phenoxy) is 1. The van der Waals surface area contributed by atoms with E-state index < -0.39 is 0 Å². The van der Waals surface area contributed by atoms with Gasteiger partial charge in [0, 0.05) is 26.3 Å². The molecule has 1 aliphatic rings. The van der Waals surface area contributed by atoms with Crippen LogP contribution in [0.5, 0.6) is 0 Å². The van der Waals surface area contributed by atoms with E-state index in [1.165, 1.54) is 0 Å². The number of hydrogen-bond acceptors (Lipinski definition) is 3. The molecule has 2 N–H and O–H groups in total. The molecule has 1 heterocycles. The first-order chi connectivity index (χ1) is 8.18. The second-order valence-corrected chi connectivity index (χ2v) is 4.85. The standard InChI is InChI=1S/C12H25N3O2/c1-15(2)7-3-6-13-12(16)14-10-11-4-8-17-9-5-11/h11H,3-10H2,1-2H3,(H2,13,14,16). The Morgan fingerprint density at radius 3 is 2.65 bits per heavy atom. The fraction of sp³-hybridized carbons (Fsp3) is 0.917. The SMILES string of the molecule is CN(C)CCCNC(=O)NCC1CCOCC1. The normalized spacial score (nSPS) is 17.1. The van der Waals surface area contributed by atoms with Crippen LogP contribution in [0.15, 0.2) is 0 Å². The number of hydrogen-bond donors (Lipinski definition) is 2. The van der Waals surface area contributed by atoms with Crippen LogP contribution in [0.2, 0.25) is 0 Å². The molecule has 0 atom stereocenters. The minimum absolute atomic E-state index is 0.0461. The molecule has 1 aliphatic heterocycles. The molecule has 0 saturated carbocycles. The van der Waals surface area contributed by atoms with Gasteiger partial charge in [-0.25, -0.2) is 4.79 Å². The van der Waals surface area contributed by atoms with E-state index in [1.54, 1.807) is 0 Å².